The van der Waals surface area contributed by atoms with Crippen LogP contribution in [0.4, 0.5) is 4.79 Å². The van der Waals surface area contributed by atoms with Gasteiger partial charge in [0.15, 0.2) is 0 Å². The van der Waals surface area contributed by atoms with Gasteiger partial charge in [0.05, 0.1) is 19.2 Å². The Morgan fingerprint density at radius 3 is 2.96 bits per heavy atom. The van der Waals surface area contributed by atoms with Gasteiger partial charge < -0.3 is 19.9 Å². The lowest BCUT2D eigenvalue weighted by atomic mass is 9.78. The van der Waals surface area contributed by atoms with E-state index in [4.69, 9.17) is 4.74 Å². The zero-order valence-corrected chi connectivity index (χ0v) is 14.8. The van der Waals surface area contributed by atoms with E-state index in [9.17, 15) is 9.59 Å². The lowest BCUT2D eigenvalue weighted by molar-refractivity contribution is -0.152. The molecule has 3 unspecified atom stereocenters. The summed E-state index contributed by atoms with van der Waals surface area (Å²) in [5.74, 6) is 0.949. The van der Waals surface area contributed by atoms with Crippen LogP contribution in [0.25, 0.3) is 0 Å². The Kier molecular flexibility index (Phi) is 4.06. The molecule has 1 N–H and O–H groups in total. The molecule has 3 aliphatic rings. The van der Waals surface area contributed by atoms with E-state index in [1.165, 1.54) is 11.1 Å². The van der Waals surface area contributed by atoms with Crippen molar-refractivity contribution in [3.8, 4) is 5.75 Å². The second-order valence-electron chi connectivity index (χ2n) is 7.05. The number of piperazine rings is 1. The molecule has 0 saturated carbocycles. The Bertz CT molecular complexity index is 705. The molecule has 6 nitrogen and oxygen atoms in total. The Labute approximate surface area is 148 Å². The van der Waals surface area contributed by atoms with E-state index in [2.05, 4.69) is 17.4 Å². The van der Waals surface area contributed by atoms with Crippen molar-refractivity contribution in [2.24, 2.45) is 0 Å². The molecule has 0 radical (unpaired) electrons. The maximum Gasteiger partial charge on any atom is 0.318 e. The van der Waals surface area contributed by atoms with Gasteiger partial charge in [-0.3, -0.25) is 4.79 Å². The predicted molar refractivity (Wildman–Crippen MR) is 93.5 cm³/mol. The summed E-state index contributed by atoms with van der Waals surface area (Å²) in [5, 5.41) is 2.90. The summed E-state index contributed by atoms with van der Waals surface area (Å²) in [7, 11) is 1.67. The summed E-state index contributed by atoms with van der Waals surface area (Å²) in [6.07, 6.45) is 3.54. The van der Waals surface area contributed by atoms with Crippen molar-refractivity contribution in [2.75, 3.05) is 20.2 Å². The van der Waals surface area contributed by atoms with Gasteiger partial charge >= 0.3 is 6.03 Å². The number of ether oxygens (including phenoxy) is 1. The first kappa shape index (κ1) is 16.2. The molecule has 3 heterocycles. The van der Waals surface area contributed by atoms with Crippen LogP contribution >= 0.6 is 0 Å². The Morgan fingerprint density at radius 1 is 1.36 bits per heavy atom. The van der Waals surface area contributed by atoms with Crippen molar-refractivity contribution in [2.45, 2.75) is 50.7 Å². The van der Waals surface area contributed by atoms with E-state index in [0.717, 1.165) is 38.0 Å². The number of amides is 3. The summed E-state index contributed by atoms with van der Waals surface area (Å²) in [4.78, 5) is 29.6. The van der Waals surface area contributed by atoms with Gasteiger partial charge in [-0.05, 0) is 55.9 Å². The van der Waals surface area contributed by atoms with Crippen molar-refractivity contribution >= 4 is 11.9 Å². The van der Waals surface area contributed by atoms with E-state index in [1.54, 1.807) is 7.11 Å². The van der Waals surface area contributed by atoms with Gasteiger partial charge in [0, 0.05) is 13.1 Å². The third-order valence-corrected chi connectivity index (χ3v) is 5.79. The van der Waals surface area contributed by atoms with Gasteiger partial charge in [-0.25, -0.2) is 4.79 Å². The van der Waals surface area contributed by atoms with E-state index < -0.39 is 0 Å². The van der Waals surface area contributed by atoms with E-state index in [-0.39, 0.29) is 30.1 Å². The number of nitrogens with one attached hydrogen (secondary N) is 1. The first-order valence-electron chi connectivity index (χ1n) is 9.19. The first-order valence-corrected chi connectivity index (χ1v) is 9.19. The van der Waals surface area contributed by atoms with Crippen LogP contribution < -0.4 is 10.1 Å². The number of nitrogens with zero attached hydrogens (tertiary/aromatic N) is 2. The third kappa shape index (κ3) is 2.46. The molecule has 1 aromatic carbocycles. The molecule has 134 valence electrons. The van der Waals surface area contributed by atoms with Crippen molar-refractivity contribution in [3.05, 3.63) is 29.3 Å². The molecule has 0 aromatic heterocycles. The van der Waals surface area contributed by atoms with Gasteiger partial charge in [0.2, 0.25) is 5.91 Å². The number of fused-ring (bicyclic) bond motifs is 6. The fourth-order valence-electron chi connectivity index (χ4n) is 4.73. The molecule has 2 bridgehead atoms. The minimum absolute atomic E-state index is 0.0405. The molecule has 3 atom stereocenters. The van der Waals surface area contributed by atoms with Crippen LogP contribution in [0.5, 0.6) is 5.75 Å². The normalized spacial score (nSPS) is 27.4. The molecule has 1 aromatic rings. The van der Waals surface area contributed by atoms with Crippen LogP contribution in [0.15, 0.2) is 18.2 Å². The van der Waals surface area contributed by atoms with Crippen molar-refractivity contribution in [1.82, 2.24) is 15.1 Å². The van der Waals surface area contributed by atoms with Crippen LogP contribution in [-0.4, -0.2) is 54.0 Å². The highest BCUT2D eigenvalue weighted by atomic mass is 16.5. The summed E-state index contributed by atoms with van der Waals surface area (Å²) in [6, 6.07) is 5.70. The van der Waals surface area contributed by atoms with Crippen molar-refractivity contribution in [1.29, 1.82) is 0 Å². The molecule has 6 heteroatoms. The standard InChI is InChI=1S/C19H25N3O3/c1-3-20-19(24)22-15-5-4-6-16(22)18(23)21-10-9-12-11-13(25-2)7-8-14(12)17(15)21/h7-8,11,15-17H,3-6,9-10H2,1-2H3,(H,20,24). The van der Waals surface area contributed by atoms with E-state index >= 15 is 0 Å². The lowest BCUT2D eigenvalue weighted by Gasteiger charge is -2.55. The largest absolute Gasteiger partial charge is 0.497 e. The molecule has 0 spiro atoms. The number of benzene rings is 1. The fourth-order valence-corrected chi connectivity index (χ4v) is 4.73. The van der Waals surface area contributed by atoms with Crippen LogP contribution in [0.2, 0.25) is 0 Å². The van der Waals surface area contributed by atoms with Crippen LogP contribution in [0.1, 0.15) is 43.4 Å². The van der Waals surface area contributed by atoms with E-state index in [1.807, 2.05) is 22.8 Å². The fraction of sp³-hybridized carbons (Fsp3) is 0.579. The Balaban J connectivity index is 1.76. The quantitative estimate of drug-likeness (QED) is 0.894. The Hall–Kier alpha value is -2.24. The monoisotopic (exact) mass is 343 g/mol. The summed E-state index contributed by atoms with van der Waals surface area (Å²) in [6.45, 7) is 3.21. The summed E-state index contributed by atoms with van der Waals surface area (Å²) in [5.41, 5.74) is 2.40. The molecule has 3 aliphatic heterocycles. The number of hydrogen-bond donors (Lipinski definition) is 1. The van der Waals surface area contributed by atoms with Gasteiger partial charge in [-0.2, -0.15) is 0 Å². The third-order valence-electron chi connectivity index (χ3n) is 5.79. The first-order chi connectivity index (χ1) is 12.2. The van der Waals surface area contributed by atoms with Gasteiger partial charge in [0.1, 0.15) is 11.8 Å². The van der Waals surface area contributed by atoms with Gasteiger partial charge in [0.25, 0.3) is 0 Å². The van der Waals surface area contributed by atoms with E-state index in [0.29, 0.717) is 6.54 Å². The van der Waals surface area contributed by atoms with Gasteiger partial charge in [-0.1, -0.05) is 6.07 Å². The minimum Gasteiger partial charge on any atom is -0.497 e. The smallest absolute Gasteiger partial charge is 0.318 e. The molecule has 25 heavy (non-hydrogen) atoms. The van der Waals surface area contributed by atoms with Crippen molar-refractivity contribution < 1.29 is 14.3 Å². The molecule has 0 aliphatic carbocycles. The average Bonchev–Trinajstić information content (AvgIpc) is 2.64. The highest BCUT2D eigenvalue weighted by Gasteiger charge is 2.52. The van der Waals surface area contributed by atoms with Crippen molar-refractivity contribution in [3.63, 3.8) is 0 Å². The lowest BCUT2D eigenvalue weighted by Crippen LogP contribution is -2.68. The van der Waals surface area contributed by atoms with Crippen LogP contribution in [0.3, 0.4) is 0 Å². The van der Waals surface area contributed by atoms with Crippen LogP contribution in [-0.2, 0) is 11.2 Å². The topological polar surface area (TPSA) is 61.9 Å². The van der Waals surface area contributed by atoms with Gasteiger partial charge in [-0.15, -0.1) is 0 Å². The highest BCUT2D eigenvalue weighted by molar-refractivity contribution is 5.89. The predicted octanol–water partition coefficient (Wildman–Crippen LogP) is 2.09. The molecule has 2 fully saturated rings. The number of rotatable bonds is 2. The molecule has 4 rings (SSSR count). The van der Waals surface area contributed by atoms with Crippen LogP contribution in [0, 0.1) is 0 Å². The number of piperidine rings is 1. The number of carbonyl (C=O) groups is 2. The second kappa shape index (κ2) is 6.24. The molecular weight excluding hydrogens is 318 g/mol. The summed E-state index contributed by atoms with van der Waals surface area (Å²) < 4.78 is 5.36. The second-order valence-corrected chi connectivity index (χ2v) is 7.05. The number of carbonyl (C=O) groups excluding carboxylic acids is 2. The molecule has 3 amide bonds. The number of hydrogen-bond acceptors (Lipinski definition) is 3. The SMILES string of the molecule is CCNC(=O)N1C2CCCC1C1c3ccc(OC)cc3CCN1C2=O. The molecule has 2 saturated heterocycles. The zero-order valence-electron chi connectivity index (χ0n) is 14.8. The number of urea groups is 1. The average molecular weight is 343 g/mol. The maximum absolute atomic E-state index is 13.1. The molecular formula is C19H25N3O3. The highest BCUT2D eigenvalue weighted by Crippen LogP contribution is 2.44. The zero-order chi connectivity index (χ0) is 17.6. The Morgan fingerprint density at radius 2 is 2.20 bits per heavy atom. The maximum atomic E-state index is 13.1. The minimum atomic E-state index is -0.304. The summed E-state index contributed by atoms with van der Waals surface area (Å²) >= 11 is 0. The number of methoxy groups -OCH3 is 1.